The number of fused-ring (bicyclic) bond motifs is 2. The molecule has 4 aliphatic heterocycles. The van der Waals surface area contributed by atoms with E-state index >= 15 is 0 Å². The third kappa shape index (κ3) is 3.83. The van der Waals surface area contributed by atoms with E-state index in [9.17, 15) is 19.5 Å². The lowest BCUT2D eigenvalue weighted by molar-refractivity contribution is -0.147. The highest BCUT2D eigenvalue weighted by molar-refractivity contribution is 6.34. The zero-order valence-electron chi connectivity index (χ0n) is 21.5. The van der Waals surface area contributed by atoms with Crippen LogP contribution < -0.4 is 4.90 Å². The molecule has 8 nitrogen and oxygen atoms in total. The van der Waals surface area contributed by atoms with Crippen molar-refractivity contribution in [2.45, 2.75) is 57.4 Å². The zero-order valence-corrected chi connectivity index (χ0v) is 22.2. The molecule has 2 fully saturated rings. The number of benzene rings is 1. The van der Waals surface area contributed by atoms with Gasteiger partial charge in [0.05, 0.1) is 41.3 Å². The van der Waals surface area contributed by atoms with Crippen molar-refractivity contribution in [3.05, 3.63) is 53.1 Å². The van der Waals surface area contributed by atoms with Crippen molar-refractivity contribution in [2.24, 2.45) is 11.8 Å². The van der Waals surface area contributed by atoms with Crippen molar-refractivity contribution < 1.29 is 24.2 Å². The highest BCUT2D eigenvalue weighted by Gasteiger charge is 2.72. The Morgan fingerprint density at radius 2 is 1.92 bits per heavy atom. The molecule has 1 unspecified atom stereocenters. The van der Waals surface area contributed by atoms with E-state index in [0.717, 1.165) is 12.0 Å². The van der Waals surface area contributed by atoms with Crippen molar-refractivity contribution in [3.8, 4) is 0 Å². The third-order valence-corrected chi connectivity index (χ3v) is 8.51. The van der Waals surface area contributed by atoms with Crippen molar-refractivity contribution in [2.75, 3.05) is 31.1 Å². The fourth-order valence-corrected chi connectivity index (χ4v) is 6.90. The van der Waals surface area contributed by atoms with Crippen LogP contribution in [0.15, 0.2) is 42.5 Å². The molecule has 2 saturated heterocycles. The molecule has 0 radical (unpaired) electrons. The van der Waals surface area contributed by atoms with Gasteiger partial charge in [-0.1, -0.05) is 61.9 Å². The van der Waals surface area contributed by atoms with Gasteiger partial charge in [0.25, 0.3) is 5.91 Å². The Morgan fingerprint density at radius 1 is 1.14 bits per heavy atom. The number of ether oxygens (including phenoxy) is 1. The summed E-state index contributed by atoms with van der Waals surface area (Å²) in [7, 11) is 0. The number of aryl methyl sites for hydroxylation is 1. The largest absolute Gasteiger partial charge is 0.394 e. The number of halogens is 1. The minimum Gasteiger partial charge on any atom is -0.394 e. The zero-order chi connectivity index (χ0) is 26.5. The quantitative estimate of drug-likeness (QED) is 0.574. The molecule has 37 heavy (non-hydrogen) atoms. The van der Waals surface area contributed by atoms with E-state index in [0.29, 0.717) is 30.2 Å². The number of aliphatic hydroxyl groups is 1. The van der Waals surface area contributed by atoms with Gasteiger partial charge in [-0.05, 0) is 31.4 Å². The number of hydrogen-bond donors (Lipinski definition) is 1. The number of likely N-dealkylation sites (tertiary alicyclic amines) is 1. The number of hydrogen-bond acceptors (Lipinski definition) is 5. The van der Waals surface area contributed by atoms with Gasteiger partial charge in [0.15, 0.2) is 0 Å². The molecule has 1 aromatic rings. The predicted molar refractivity (Wildman–Crippen MR) is 140 cm³/mol. The Labute approximate surface area is 222 Å². The van der Waals surface area contributed by atoms with E-state index in [4.69, 9.17) is 16.3 Å². The number of nitrogens with zero attached hydrogens (tertiary/aromatic N) is 3. The SMILES string of the molecule is CCCN1CC=C[C@H]2O[C@]34C=CCN(c5c(C)cccc5Cl)C(=O)C3N([C@@H](CC)CO)C(=O)[C@@H]4[C@H]2C1=O. The first-order chi connectivity index (χ1) is 17.8. The average Bonchev–Trinajstić information content (AvgIpc) is 3.19. The van der Waals surface area contributed by atoms with E-state index in [2.05, 4.69) is 0 Å². The predicted octanol–water partition coefficient (Wildman–Crippen LogP) is 2.71. The molecule has 1 aromatic carbocycles. The summed E-state index contributed by atoms with van der Waals surface area (Å²) in [4.78, 5) is 47.3. The first kappa shape index (κ1) is 25.9. The van der Waals surface area contributed by atoms with E-state index < -0.39 is 35.6 Å². The van der Waals surface area contributed by atoms with Crippen LogP contribution in [0.5, 0.6) is 0 Å². The Bertz CT molecular complexity index is 1140. The molecule has 4 heterocycles. The molecular weight excluding hydrogens is 494 g/mol. The van der Waals surface area contributed by atoms with Crippen LogP contribution in [-0.2, 0) is 19.1 Å². The molecule has 0 saturated carbocycles. The Kier molecular flexibility index (Phi) is 6.94. The van der Waals surface area contributed by atoms with Gasteiger partial charge in [0.2, 0.25) is 11.8 Å². The van der Waals surface area contributed by atoms with Crippen molar-refractivity contribution in [1.29, 1.82) is 0 Å². The van der Waals surface area contributed by atoms with Gasteiger partial charge in [0.1, 0.15) is 11.6 Å². The number of anilines is 1. The molecule has 0 bridgehead atoms. The van der Waals surface area contributed by atoms with E-state index in [-0.39, 0.29) is 30.9 Å². The molecule has 198 valence electrons. The molecule has 0 aliphatic carbocycles. The second-order valence-electron chi connectivity index (χ2n) is 10.3. The third-order valence-electron chi connectivity index (χ3n) is 8.21. The first-order valence-corrected chi connectivity index (χ1v) is 13.5. The minimum atomic E-state index is -1.33. The number of carbonyl (C=O) groups excluding carboxylic acids is 3. The molecule has 3 amide bonds. The number of rotatable bonds is 6. The molecule has 6 atom stereocenters. The van der Waals surface area contributed by atoms with Gasteiger partial charge in [-0.2, -0.15) is 0 Å². The number of para-hydroxylation sites is 1. The van der Waals surface area contributed by atoms with Gasteiger partial charge in [0, 0.05) is 19.6 Å². The summed E-state index contributed by atoms with van der Waals surface area (Å²) in [6.45, 7) is 6.76. The topological polar surface area (TPSA) is 90.4 Å². The molecule has 1 spiro atoms. The van der Waals surface area contributed by atoms with Crippen LogP contribution in [0, 0.1) is 18.8 Å². The van der Waals surface area contributed by atoms with Gasteiger partial charge in [-0.15, -0.1) is 0 Å². The van der Waals surface area contributed by atoms with Crippen molar-refractivity contribution in [1.82, 2.24) is 9.80 Å². The molecule has 1 N–H and O–H groups in total. The summed E-state index contributed by atoms with van der Waals surface area (Å²) in [6, 6.07) is 3.83. The summed E-state index contributed by atoms with van der Waals surface area (Å²) in [5.41, 5.74) is 0.0873. The highest BCUT2D eigenvalue weighted by atomic mass is 35.5. The van der Waals surface area contributed by atoms with Crippen LogP contribution in [0.4, 0.5) is 5.69 Å². The maximum Gasteiger partial charge on any atom is 0.253 e. The van der Waals surface area contributed by atoms with Crippen LogP contribution in [0.2, 0.25) is 5.02 Å². The van der Waals surface area contributed by atoms with E-state index in [1.807, 2.05) is 57.2 Å². The summed E-state index contributed by atoms with van der Waals surface area (Å²) >= 11 is 6.57. The summed E-state index contributed by atoms with van der Waals surface area (Å²) in [5, 5.41) is 10.7. The Hall–Kier alpha value is -2.68. The van der Waals surface area contributed by atoms with E-state index in [1.54, 1.807) is 15.9 Å². The normalized spacial score (nSPS) is 31.8. The van der Waals surface area contributed by atoms with Gasteiger partial charge in [-0.3, -0.25) is 14.4 Å². The second kappa shape index (κ2) is 9.89. The lowest BCUT2D eigenvalue weighted by atomic mass is 9.77. The molecule has 0 aromatic heterocycles. The maximum absolute atomic E-state index is 14.4. The van der Waals surface area contributed by atoms with Crippen LogP contribution in [0.1, 0.15) is 32.3 Å². The summed E-state index contributed by atoms with van der Waals surface area (Å²) < 4.78 is 6.65. The molecular formula is C28H34ClN3O5. The summed E-state index contributed by atoms with van der Waals surface area (Å²) in [5.74, 6) is -2.40. The number of aliphatic hydroxyl groups excluding tert-OH is 1. The lowest BCUT2D eigenvalue weighted by Crippen LogP contribution is -2.58. The Morgan fingerprint density at radius 3 is 2.59 bits per heavy atom. The second-order valence-corrected chi connectivity index (χ2v) is 10.7. The smallest absolute Gasteiger partial charge is 0.253 e. The fraction of sp³-hybridized carbons (Fsp3) is 0.536. The molecule has 5 rings (SSSR count). The molecule has 4 aliphatic rings. The monoisotopic (exact) mass is 527 g/mol. The van der Waals surface area contributed by atoms with Crippen molar-refractivity contribution in [3.63, 3.8) is 0 Å². The fourth-order valence-electron chi connectivity index (χ4n) is 6.57. The lowest BCUT2D eigenvalue weighted by Gasteiger charge is -2.38. The summed E-state index contributed by atoms with van der Waals surface area (Å²) in [6.07, 6.45) is 8.06. The minimum absolute atomic E-state index is 0.131. The van der Waals surface area contributed by atoms with Crippen molar-refractivity contribution >= 4 is 35.0 Å². The van der Waals surface area contributed by atoms with Crippen LogP contribution in [0.25, 0.3) is 0 Å². The van der Waals surface area contributed by atoms with Gasteiger partial charge < -0.3 is 24.5 Å². The maximum atomic E-state index is 14.4. The highest BCUT2D eigenvalue weighted by Crippen LogP contribution is 2.54. The molecule has 9 heteroatoms. The Balaban J connectivity index is 1.66. The first-order valence-electron chi connectivity index (χ1n) is 13.1. The van der Waals surface area contributed by atoms with Gasteiger partial charge in [-0.25, -0.2) is 0 Å². The van der Waals surface area contributed by atoms with Gasteiger partial charge >= 0.3 is 0 Å². The number of carbonyl (C=O) groups is 3. The average molecular weight is 528 g/mol. The number of amides is 3. The van der Waals surface area contributed by atoms with Crippen LogP contribution in [-0.4, -0.2) is 82.7 Å². The van der Waals surface area contributed by atoms with Crippen LogP contribution in [0.3, 0.4) is 0 Å². The van der Waals surface area contributed by atoms with E-state index in [1.165, 1.54) is 4.90 Å². The standard InChI is InChI=1S/C28H34ClN3O5/c1-4-13-30-14-7-11-20-21(25(30)34)22-26(35)32(18(5-2)16-33)24-27(36)31(15-8-12-28(22,24)37-20)23-17(3)9-6-10-19(23)29/h6-12,18,20-22,24,33H,4-5,13-16H2,1-3H3/t18-,20+,21-,22-,24?,28-/m0/s1. The van der Waals surface area contributed by atoms with Crippen LogP contribution >= 0.6 is 11.6 Å².